The number of hydrogen-bond acceptors (Lipinski definition) is 10. The van der Waals surface area contributed by atoms with Crippen molar-refractivity contribution in [1.82, 2.24) is 30.8 Å². The van der Waals surface area contributed by atoms with Crippen LogP contribution in [0, 0.1) is 0 Å². The fraction of sp³-hybridized carbons (Fsp3) is 0.450. The first-order chi connectivity index (χ1) is 15.5. The van der Waals surface area contributed by atoms with Gasteiger partial charge in [-0.3, -0.25) is 15.1 Å². The molecule has 0 aliphatic carbocycles. The van der Waals surface area contributed by atoms with E-state index in [4.69, 9.17) is 9.15 Å². The maximum atomic E-state index is 12.4. The molecule has 6 heterocycles. The Bertz CT molecular complexity index is 1170. The van der Waals surface area contributed by atoms with Crippen LogP contribution >= 0.6 is 23.1 Å². The van der Waals surface area contributed by atoms with E-state index in [1.54, 1.807) is 23.7 Å². The average molecular weight is 474 g/mol. The summed E-state index contributed by atoms with van der Waals surface area (Å²) in [6.45, 7) is 5.89. The third-order valence-corrected chi connectivity index (χ3v) is 7.93. The van der Waals surface area contributed by atoms with Crippen LogP contribution in [0.15, 0.2) is 28.0 Å². The lowest BCUT2D eigenvalue weighted by Crippen LogP contribution is -2.40. The van der Waals surface area contributed by atoms with Crippen molar-refractivity contribution in [3.05, 3.63) is 40.2 Å². The molecule has 1 unspecified atom stereocenters. The number of furan rings is 1. The number of nitrogens with one attached hydrogen (secondary N) is 3. The molecule has 0 radical (unpaired) electrons. The van der Waals surface area contributed by atoms with Crippen LogP contribution in [0.5, 0.6) is 0 Å². The van der Waals surface area contributed by atoms with Gasteiger partial charge >= 0.3 is 0 Å². The zero-order chi connectivity index (χ0) is 21.9. The maximum absolute atomic E-state index is 12.4. The van der Waals surface area contributed by atoms with Gasteiger partial charge in [-0.1, -0.05) is 11.8 Å². The van der Waals surface area contributed by atoms with Crippen LogP contribution in [-0.2, 0) is 29.1 Å². The van der Waals surface area contributed by atoms with Gasteiger partial charge in [0.1, 0.15) is 16.9 Å². The number of carbonyl (C=O) groups excluding carboxylic acids is 1. The maximum Gasteiger partial charge on any atom is 0.249 e. The van der Waals surface area contributed by atoms with E-state index in [-0.39, 0.29) is 23.4 Å². The van der Waals surface area contributed by atoms with Crippen LogP contribution in [0.3, 0.4) is 0 Å². The number of ether oxygens (including phenoxy) is 1. The second kappa shape index (κ2) is 7.59. The molecular weight excluding hydrogens is 450 g/mol. The molecule has 1 atom stereocenters. The summed E-state index contributed by atoms with van der Waals surface area (Å²) in [4.78, 5) is 13.6. The van der Waals surface area contributed by atoms with Gasteiger partial charge in [-0.05, 0) is 31.5 Å². The standard InChI is InChI=1S/C20H23N7O3S2/c1-20(2)6-12-13(8-30-20)32-17-15(12)16-22-10-23-27(16)18-24-25-19(26(17)18)31-9-14(28)21-7-11-4-3-5-29-11/h3-5,16,22-23H,6-10H2,1-2H3,(H,21,28). The fourth-order valence-electron chi connectivity index (χ4n) is 4.31. The number of thiophene rings is 1. The van der Waals surface area contributed by atoms with Gasteiger partial charge < -0.3 is 14.5 Å². The van der Waals surface area contributed by atoms with E-state index in [0.717, 1.165) is 23.1 Å². The Morgan fingerprint density at radius 2 is 2.34 bits per heavy atom. The van der Waals surface area contributed by atoms with E-state index in [2.05, 4.69) is 44.7 Å². The molecule has 3 aliphatic rings. The summed E-state index contributed by atoms with van der Waals surface area (Å²) in [6.07, 6.45) is 2.46. The third kappa shape index (κ3) is 3.33. The highest BCUT2D eigenvalue weighted by molar-refractivity contribution is 7.99. The summed E-state index contributed by atoms with van der Waals surface area (Å²) >= 11 is 3.11. The second-order valence-corrected chi connectivity index (χ2v) is 10.5. The minimum absolute atomic E-state index is 0.00467. The van der Waals surface area contributed by atoms with E-state index in [1.165, 1.54) is 27.8 Å². The molecular formula is C20H23N7O3S2. The van der Waals surface area contributed by atoms with Crippen LogP contribution < -0.4 is 21.1 Å². The Hall–Kier alpha value is -2.38. The smallest absolute Gasteiger partial charge is 0.249 e. The van der Waals surface area contributed by atoms with Crippen molar-refractivity contribution in [3.63, 3.8) is 0 Å². The highest BCUT2D eigenvalue weighted by atomic mass is 32.2. The largest absolute Gasteiger partial charge is 0.467 e. The average Bonchev–Trinajstić information content (AvgIpc) is 3.54. The lowest BCUT2D eigenvalue weighted by Gasteiger charge is -2.34. The van der Waals surface area contributed by atoms with Crippen molar-refractivity contribution in [3.8, 4) is 5.00 Å². The van der Waals surface area contributed by atoms with Crippen molar-refractivity contribution in [2.24, 2.45) is 0 Å². The van der Waals surface area contributed by atoms with E-state index in [0.29, 0.717) is 25.0 Å². The van der Waals surface area contributed by atoms with Crippen LogP contribution in [0.2, 0.25) is 0 Å². The summed E-state index contributed by atoms with van der Waals surface area (Å²) in [5, 5.41) is 19.1. The molecule has 1 saturated heterocycles. The molecule has 6 rings (SSSR count). The predicted octanol–water partition coefficient (Wildman–Crippen LogP) is 2.07. The molecule has 1 amide bonds. The van der Waals surface area contributed by atoms with E-state index < -0.39 is 0 Å². The quantitative estimate of drug-likeness (QED) is 0.480. The molecule has 168 valence electrons. The Morgan fingerprint density at radius 3 is 3.19 bits per heavy atom. The van der Waals surface area contributed by atoms with Gasteiger partial charge in [-0.25, -0.2) is 9.99 Å². The van der Waals surface area contributed by atoms with Crippen LogP contribution in [0.4, 0.5) is 5.95 Å². The highest BCUT2D eigenvalue weighted by Gasteiger charge is 2.43. The van der Waals surface area contributed by atoms with Crippen molar-refractivity contribution in [1.29, 1.82) is 0 Å². The fourth-order valence-corrected chi connectivity index (χ4v) is 6.39. The summed E-state index contributed by atoms with van der Waals surface area (Å²) < 4.78 is 13.4. The number of fused-ring (bicyclic) bond motifs is 8. The Balaban J connectivity index is 1.29. The van der Waals surface area contributed by atoms with Gasteiger partial charge in [-0.15, -0.1) is 21.5 Å². The van der Waals surface area contributed by atoms with Gasteiger partial charge in [0.2, 0.25) is 11.9 Å². The van der Waals surface area contributed by atoms with Gasteiger partial charge in [0, 0.05) is 16.9 Å². The lowest BCUT2D eigenvalue weighted by atomic mass is 9.92. The first kappa shape index (κ1) is 20.2. The summed E-state index contributed by atoms with van der Waals surface area (Å²) in [5.41, 5.74) is 5.76. The van der Waals surface area contributed by atoms with Gasteiger partial charge in [0.15, 0.2) is 5.16 Å². The molecule has 1 fully saturated rings. The topological polar surface area (TPSA) is 109 Å². The van der Waals surface area contributed by atoms with Gasteiger partial charge in [0.25, 0.3) is 0 Å². The molecule has 0 spiro atoms. The minimum atomic E-state index is -0.199. The van der Waals surface area contributed by atoms with Gasteiger partial charge in [0.05, 0.1) is 37.4 Å². The van der Waals surface area contributed by atoms with E-state index >= 15 is 0 Å². The number of thioether (sulfide) groups is 1. The monoisotopic (exact) mass is 473 g/mol. The molecule has 0 bridgehead atoms. The third-order valence-electron chi connectivity index (χ3n) is 5.79. The zero-order valence-electron chi connectivity index (χ0n) is 17.7. The first-order valence-corrected chi connectivity index (χ1v) is 12.2. The van der Waals surface area contributed by atoms with Crippen molar-refractivity contribution in [2.45, 2.75) is 50.3 Å². The van der Waals surface area contributed by atoms with Crippen molar-refractivity contribution in [2.75, 3.05) is 17.4 Å². The van der Waals surface area contributed by atoms with E-state index in [9.17, 15) is 4.79 Å². The normalized spacial score (nSPS) is 20.4. The first-order valence-electron chi connectivity index (χ1n) is 10.4. The number of amides is 1. The highest BCUT2D eigenvalue weighted by Crippen LogP contribution is 2.48. The van der Waals surface area contributed by atoms with Crippen molar-refractivity contribution >= 4 is 35.0 Å². The molecule has 12 heteroatoms. The molecule has 0 aromatic carbocycles. The second-order valence-electron chi connectivity index (χ2n) is 8.52. The minimum Gasteiger partial charge on any atom is -0.467 e. The molecule has 0 saturated carbocycles. The van der Waals surface area contributed by atoms with Crippen LogP contribution in [0.1, 0.15) is 41.8 Å². The zero-order valence-corrected chi connectivity index (χ0v) is 19.3. The Labute approximate surface area is 192 Å². The number of carbonyl (C=O) groups is 1. The van der Waals surface area contributed by atoms with Crippen LogP contribution in [0.25, 0.3) is 5.00 Å². The Morgan fingerprint density at radius 1 is 1.44 bits per heavy atom. The van der Waals surface area contributed by atoms with Crippen LogP contribution in [-0.4, -0.2) is 38.7 Å². The molecule has 3 aromatic heterocycles. The molecule has 3 aromatic rings. The molecule has 3 aliphatic heterocycles. The van der Waals surface area contributed by atoms with Gasteiger partial charge in [-0.2, -0.15) is 0 Å². The van der Waals surface area contributed by atoms with Crippen molar-refractivity contribution < 1.29 is 13.9 Å². The SMILES string of the molecule is CC1(C)Cc2c(sc3c2C2NCNN2c2nnc(SCC(=O)NCc4ccco4)n2-3)CO1. The molecule has 32 heavy (non-hydrogen) atoms. The summed E-state index contributed by atoms with van der Waals surface area (Å²) in [5.74, 6) is 1.61. The number of hydrogen-bond donors (Lipinski definition) is 3. The number of aromatic nitrogens is 3. The Kier molecular flexibility index (Phi) is 4.80. The number of rotatable bonds is 5. The number of nitrogens with zero attached hydrogens (tertiary/aromatic N) is 4. The summed E-state index contributed by atoms with van der Waals surface area (Å²) in [7, 11) is 0. The predicted molar refractivity (Wildman–Crippen MR) is 119 cm³/mol. The molecule has 10 nitrogen and oxygen atoms in total. The molecule has 3 N–H and O–H groups in total. The number of anilines is 1. The summed E-state index contributed by atoms with van der Waals surface area (Å²) in [6, 6.07) is 3.64. The van der Waals surface area contributed by atoms with E-state index in [1.807, 2.05) is 11.1 Å². The number of hydrazine groups is 1. The lowest BCUT2D eigenvalue weighted by molar-refractivity contribution is -0.118.